The summed E-state index contributed by atoms with van der Waals surface area (Å²) < 4.78 is 6.49. The van der Waals surface area contributed by atoms with Gasteiger partial charge in [-0.15, -0.1) is 0 Å². The van der Waals surface area contributed by atoms with E-state index >= 15 is 0 Å². The minimum Gasteiger partial charge on any atom is -0.507 e. The molecule has 1 fully saturated rings. The molecule has 3 aliphatic rings. The third-order valence-corrected chi connectivity index (χ3v) is 6.81. The van der Waals surface area contributed by atoms with Crippen LogP contribution in [0.1, 0.15) is 29.2 Å². The van der Waals surface area contributed by atoms with Crippen LogP contribution in [0.15, 0.2) is 88.9 Å². The summed E-state index contributed by atoms with van der Waals surface area (Å²) in [4.78, 5) is 13.3. The summed E-state index contributed by atoms with van der Waals surface area (Å²) in [7, 11) is 0. The first-order valence-electron chi connectivity index (χ1n) is 10.3. The number of nitrogens with one attached hydrogen (secondary N) is 1. The van der Waals surface area contributed by atoms with Gasteiger partial charge in [-0.25, -0.2) is 5.01 Å². The SMILES string of the molecule is O=C1N[C@]2(Oc3ccccc3[C@@H]3CC(c4ccccc4)=NN32)/C(=C/c2ccccc2O)S1. The maximum atomic E-state index is 12.6. The van der Waals surface area contributed by atoms with Gasteiger partial charge in [0.2, 0.25) is 0 Å². The van der Waals surface area contributed by atoms with Crippen LogP contribution in [0.3, 0.4) is 0 Å². The van der Waals surface area contributed by atoms with Crippen molar-refractivity contribution >= 4 is 28.8 Å². The van der Waals surface area contributed by atoms with Crippen molar-refractivity contribution in [3.8, 4) is 11.5 Å². The van der Waals surface area contributed by atoms with Crippen molar-refractivity contribution in [1.29, 1.82) is 0 Å². The fraction of sp³-hybridized carbons (Fsp3) is 0.120. The molecule has 0 aromatic heterocycles. The summed E-state index contributed by atoms with van der Waals surface area (Å²) in [6.45, 7) is 0. The van der Waals surface area contributed by atoms with Gasteiger partial charge in [-0.2, -0.15) is 5.10 Å². The van der Waals surface area contributed by atoms with E-state index in [0.29, 0.717) is 22.6 Å². The number of thioether (sulfide) groups is 1. The zero-order valence-electron chi connectivity index (χ0n) is 16.9. The Morgan fingerprint density at radius 3 is 2.66 bits per heavy atom. The number of aromatic hydroxyl groups is 1. The Morgan fingerprint density at radius 2 is 1.81 bits per heavy atom. The maximum absolute atomic E-state index is 12.6. The number of nitrogens with zero attached hydrogens (tertiary/aromatic N) is 2. The summed E-state index contributed by atoms with van der Waals surface area (Å²) in [6.07, 6.45) is 2.48. The molecule has 2 N–H and O–H groups in total. The highest BCUT2D eigenvalue weighted by Gasteiger charge is 2.58. The Bertz CT molecular complexity index is 1290. The van der Waals surface area contributed by atoms with Crippen molar-refractivity contribution in [3.63, 3.8) is 0 Å². The van der Waals surface area contributed by atoms with Gasteiger partial charge >= 0.3 is 5.85 Å². The second kappa shape index (κ2) is 7.17. The molecule has 6 rings (SSSR count). The summed E-state index contributed by atoms with van der Waals surface area (Å²) in [5.74, 6) is -0.429. The van der Waals surface area contributed by atoms with Gasteiger partial charge < -0.3 is 9.84 Å². The third kappa shape index (κ3) is 2.89. The normalized spacial score (nSPS) is 24.7. The first kappa shape index (κ1) is 19.0. The number of hydrogen-bond acceptors (Lipinski definition) is 6. The van der Waals surface area contributed by atoms with Gasteiger partial charge in [-0.3, -0.25) is 10.1 Å². The van der Waals surface area contributed by atoms with E-state index in [1.807, 2.05) is 65.7 Å². The van der Waals surface area contributed by atoms with Crippen LogP contribution in [0.2, 0.25) is 0 Å². The smallest absolute Gasteiger partial charge is 0.314 e. The fourth-order valence-corrected chi connectivity index (χ4v) is 5.32. The summed E-state index contributed by atoms with van der Waals surface area (Å²) in [6, 6.07) is 24.8. The van der Waals surface area contributed by atoms with Crippen molar-refractivity contribution in [2.24, 2.45) is 5.10 Å². The zero-order valence-corrected chi connectivity index (χ0v) is 17.8. The number of hydrazone groups is 1. The van der Waals surface area contributed by atoms with E-state index in [4.69, 9.17) is 9.84 Å². The van der Waals surface area contributed by atoms with Crippen LogP contribution in [-0.2, 0) is 0 Å². The Labute approximate surface area is 189 Å². The number of amides is 1. The highest BCUT2D eigenvalue weighted by atomic mass is 32.2. The Hall–Kier alpha value is -3.71. The van der Waals surface area contributed by atoms with Gasteiger partial charge in [0.25, 0.3) is 5.24 Å². The second-order valence-electron chi connectivity index (χ2n) is 7.84. The van der Waals surface area contributed by atoms with Gasteiger partial charge in [0.15, 0.2) is 0 Å². The molecular formula is C25H19N3O3S. The molecule has 3 heterocycles. The lowest BCUT2D eigenvalue weighted by Gasteiger charge is -2.45. The van der Waals surface area contributed by atoms with Crippen molar-refractivity contribution in [3.05, 3.63) is 100 Å². The lowest BCUT2D eigenvalue weighted by molar-refractivity contribution is -0.0949. The molecule has 1 saturated heterocycles. The minimum absolute atomic E-state index is 0.0954. The maximum Gasteiger partial charge on any atom is 0.314 e. The number of hydrogen-bond donors (Lipinski definition) is 2. The first-order valence-corrected chi connectivity index (χ1v) is 11.2. The molecule has 0 unspecified atom stereocenters. The predicted octanol–water partition coefficient (Wildman–Crippen LogP) is 5.09. The van der Waals surface area contributed by atoms with Gasteiger partial charge in [0.1, 0.15) is 11.5 Å². The van der Waals surface area contributed by atoms with Gasteiger partial charge in [0.05, 0.1) is 16.7 Å². The fourth-order valence-electron chi connectivity index (χ4n) is 4.42. The quantitative estimate of drug-likeness (QED) is 0.580. The van der Waals surface area contributed by atoms with E-state index < -0.39 is 5.85 Å². The van der Waals surface area contributed by atoms with Crippen LogP contribution in [0.4, 0.5) is 4.79 Å². The lowest BCUT2D eigenvalue weighted by atomic mass is 9.95. The second-order valence-corrected chi connectivity index (χ2v) is 8.86. The Morgan fingerprint density at radius 1 is 1.06 bits per heavy atom. The number of rotatable bonds is 2. The summed E-state index contributed by atoms with van der Waals surface area (Å²) in [5, 5.41) is 19.9. The van der Waals surface area contributed by atoms with Crippen molar-refractivity contribution in [1.82, 2.24) is 10.3 Å². The number of fused-ring (bicyclic) bond motifs is 4. The van der Waals surface area contributed by atoms with Crippen molar-refractivity contribution < 1.29 is 14.6 Å². The minimum atomic E-state index is -1.28. The number of ether oxygens (including phenoxy) is 1. The van der Waals surface area contributed by atoms with E-state index in [1.54, 1.807) is 24.3 Å². The molecule has 1 amide bonds. The van der Waals surface area contributed by atoms with E-state index in [9.17, 15) is 9.90 Å². The largest absolute Gasteiger partial charge is 0.507 e. The molecule has 3 aliphatic heterocycles. The molecule has 32 heavy (non-hydrogen) atoms. The molecular weight excluding hydrogens is 422 g/mol. The molecule has 158 valence electrons. The van der Waals surface area contributed by atoms with Gasteiger partial charge in [-0.05, 0) is 35.5 Å². The van der Waals surface area contributed by atoms with Crippen LogP contribution in [0, 0.1) is 0 Å². The lowest BCUT2D eigenvalue weighted by Crippen LogP contribution is -2.61. The van der Waals surface area contributed by atoms with Gasteiger partial charge in [0, 0.05) is 17.5 Å². The molecule has 7 heteroatoms. The Balaban J connectivity index is 1.53. The number of phenolic OH excluding ortho intramolecular Hbond substituents is 1. The van der Waals surface area contributed by atoms with Crippen molar-refractivity contribution in [2.75, 3.05) is 0 Å². The van der Waals surface area contributed by atoms with Crippen LogP contribution < -0.4 is 10.1 Å². The molecule has 3 aromatic rings. The average Bonchev–Trinajstić information content (AvgIpc) is 3.39. The molecule has 2 atom stereocenters. The highest BCUT2D eigenvalue weighted by molar-refractivity contribution is 8.17. The molecule has 6 nitrogen and oxygen atoms in total. The van der Waals surface area contributed by atoms with Crippen molar-refractivity contribution in [2.45, 2.75) is 18.3 Å². The Kier molecular flexibility index (Phi) is 4.26. The van der Waals surface area contributed by atoms with Gasteiger partial charge in [-0.1, -0.05) is 66.7 Å². The number of para-hydroxylation sites is 2. The summed E-state index contributed by atoms with van der Waals surface area (Å²) >= 11 is 1.06. The summed E-state index contributed by atoms with van der Waals surface area (Å²) in [5.41, 5.74) is 3.61. The molecule has 0 saturated carbocycles. The van der Waals surface area contributed by atoms with Crippen LogP contribution >= 0.6 is 11.8 Å². The predicted molar refractivity (Wildman–Crippen MR) is 124 cm³/mol. The molecule has 0 aliphatic carbocycles. The molecule has 1 spiro atoms. The molecule has 0 radical (unpaired) electrons. The number of benzene rings is 3. The molecule has 3 aromatic carbocycles. The third-order valence-electron chi connectivity index (χ3n) is 5.91. The topological polar surface area (TPSA) is 74.2 Å². The monoisotopic (exact) mass is 441 g/mol. The van der Waals surface area contributed by atoms with E-state index in [0.717, 1.165) is 28.6 Å². The average molecular weight is 442 g/mol. The van der Waals surface area contributed by atoms with Crippen LogP contribution in [0.25, 0.3) is 6.08 Å². The van der Waals surface area contributed by atoms with Crippen LogP contribution in [-0.4, -0.2) is 26.9 Å². The number of carbonyl (C=O) groups excluding carboxylic acids is 1. The zero-order chi connectivity index (χ0) is 21.7. The van der Waals surface area contributed by atoms with E-state index in [2.05, 4.69) is 5.32 Å². The highest BCUT2D eigenvalue weighted by Crippen LogP contribution is 2.52. The van der Waals surface area contributed by atoms with Crippen LogP contribution in [0.5, 0.6) is 11.5 Å². The van der Waals surface area contributed by atoms with E-state index in [1.165, 1.54) is 0 Å². The number of carbonyl (C=O) groups is 1. The number of phenols is 1. The standard InChI is InChI=1S/C25H19N3O3S/c29-21-12-6-4-10-17(21)14-23-25(26-24(30)32-23)28-20(18-11-5-7-13-22(18)31-25)15-19(27-28)16-8-2-1-3-9-16/h1-14,20,29H,15H2,(H,26,30)/b23-14-/t20-,25+/m0/s1. The first-order chi connectivity index (χ1) is 15.6. The molecule has 0 bridgehead atoms. The van der Waals surface area contributed by atoms with E-state index in [-0.39, 0.29) is 17.0 Å².